The van der Waals surface area contributed by atoms with Gasteiger partial charge in [0, 0.05) is 12.1 Å². The summed E-state index contributed by atoms with van der Waals surface area (Å²) in [4.78, 5) is 0. The van der Waals surface area contributed by atoms with E-state index >= 15 is 0 Å². The summed E-state index contributed by atoms with van der Waals surface area (Å²) in [6.45, 7) is 4.08. The Morgan fingerprint density at radius 2 is 2.12 bits per heavy atom. The molecule has 0 aliphatic heterocycles. The van der Waals surface area contributed by atoms with E-state index in [1.165, 1.54) is 12.1 Å². The van der Waals surface area contributed by atoms with Gasteiger partial charge in [-0.15, -0.1) is 0 Å². The Bertz CT molecular complexity index is 396. The van der Waals surface area contributed by atoms with Crippen molar-refractivity contribution in [2.45, 2.75) is 32.7 Å². The molecule has 1 atom stereocenters. The van der Waals surface area contributed by atoms with Gasteiger partial charge in [0.15, 0.2) is 5.11 Å². The first-order valence-electron chi connectivity index (χ1n) is 5.55. The number of thiocarbonyl (C=S) groups is 1. The summed E-state index contributed by atoms with van der Waals surface area (Å²) >= 11 is 5.04. The summed E-state index contributed by atoms with van der Waals surface area (Å²) < 4.78 is 26.0. The summed E-state index contributed by atoms with van der Waals surface area (Å²) in [6.07, 6.45) is 2.02. The lowest BCUT2D eigenvalue weighted by atomic mass is 10.2. The predicted octanol–water partition coefficient (Wildman–Crippen LogP) is 3.44. The van der Waals surface area contributed by atoms with Crippen LogP contribution < -0.4 is 10.6 Å². The highest BCUT2D eigenvalue weighted by atomic mass is 32.1. The predicted molar refractivity (Wildman–Crippen MR) is 70.1 cm³/mol. The fourth-order valence-electron chi connectivity index (χ4n) is 1.48. The summed E-state index contributed by atoms with van der Waals surface area (Å²) in [5.74, 6) is -1.26. The van der Waals surface area contributed by atoms with Crippen LogP contribution in [0.1, 0.15) is 26.7 Å². The lowest BCUT2D eigenvalue weighted by molar-refractivity contribution is 0.584. The Morgan fingerprint density at radius 3 is 2.71 bits per heavy atom. The van der Waals surface area contributed by atoms with E-state index in [0.29, 0.717) is 5.11 Å². The van der Waals surface area contributed by atoms with Gasteiger partial charge in [-0.25, -0.2) is 8.78 Å². The summed E-state index contributed by atoms with van der Waals surface area (Å²) in [6, 6.07) is 3.55. The van der Waals surface area contributed by atoms with Crippen molar-refractivity contribution < 1.29 is 8.78 Å². The molecule has 0 aliphatic rings. The van der Waals surface area contributed by atoms with Crippen molar-refractivity contribution in [1.29, 1.82) is 0 Å². The van der Waals surface area contributed by atoms with Crippen LogP contribution >= 0.6 is 12.2 Å². The summed E-state index contributed by atoms with van der Waals surface area (Å²) in [5, 5.41) is 6.08. The Labute approximate surface area is 105 Å². The van der Waals surface area contributed by atoms with Crippen LogP contribution in [0.4, 0.5) is 14.5 Å². The lowest BCUT2D eigenvalue weighted by Gasteiger charge is -2.16. The molecule has 0 bridgehead atoms. The molecule has 0 amide bonds. The van der Waals surface area contributed by atoms with Gasteiger partial charge in [0.25, 0.3) is 0 Å². The van der Waals surface area contributed by atoms with Crippen LogP contribution in [0.3, 0.4) is 0 Å². The second-order valence-electron chi connectivity index (χ2n) is 3.91. The zero-order valence-electron chi connectivity index (χ0n) is 9.89. The molecule has 1 aromatic rings. The molecule has 0 aromatic heterocycles. The second-order valence-corrected chi connectivity index (χ2v) is 4.32. The zero-order valence-corrected chi connectivity index (χ0v) is 10.7. The molecule has 0 aliphatic carbocycles. The van der Waals surface area contributed by atoms with E-state index in [1.807, 2.05) is 6.92 Å². The number of anilines is 1. The molecule has 0 radical (unpaired) electrons. The zero-order chi connectivity index (χ0) is 12.8. The number of nitrogens with one attached hydrogen (secondary N) is 2. The van der Waals surface area contributed by atoms with Crippen LogP contribution in [-0.4, -0.2) is 11.2 Å². The second kappa shape index (κ2) is 6.49. The molecule has 17 heavy (non-hydrogen) atoms. The van der Waals surface area contributed by atoms with Crippen LogP contribution in [-0.2, 0) is 0 Å². The molecular formula is C12H16F2N2S. The molecule has 1 rings (SSSR count). The Balaban J connectivity index is 2.56. The first-order chi connectivity index (χ1) is 8.02. The van der Waals surface area contributed by atoms with Gasteiger partial charge in [0.2, 0.25) is 0 Å². The van der Waals surface area contributed by atoms with Gasteiger partial charge >= 0.3 is 0 Å². The number of rotatable bonds is 4. The third-order valence-electron chi connectivity index (χ3n) is 2.28. The van der Waals surface area contributed by atoms with Crippen LogP contribution in [0.15, 0.2) is 18.2 Å². The van der Waals surface area contributed by atoms with Crippen molar-refractivity contribution in [3.8, 4) is 0 Å². The summed E-state index contributed by atoms with van der Waals surface area (Å²) in [7, 11) is 0. The van der Waals surface area contributed by atoms with E-state index in [0.717, 1.165) is 18.9 Å². The fraction of sp³-hybridized carbons (Fsp3) is 0.417. The summed E-state index contributed by atoms with van der Waals surface area (Å²) in [5.41, 5.74) is 0.174. The van der Waals surface area contributed by atoms with Gasteiger partial charge in [-0.1, -0.05) is 13.3 Å². The monoisotopic (exact) mass is 258 g/mol. The van der Waals surface area contributed by atoms with Crippen molar-refractivity contribution in [3.63, 3.8) is 0 Å². The molecule has 0 spiro atoms. The van der Waals surface area contributed by atoms with Gasteiger partial charge in [0.1, 0.15) is 11.6 Å². The number of benzene rings is 1. The molecule has 1 unspecified atom stereocenters. The number of hydrogen-bond acceptors (Lipinski definition) is 1. The SMILES string of the molecule is CCCC(C)NC(=S)Nc1ccc(F)cc1F. The molecule has 2 N–H and O–H groups in total. The van der Waals surface area contributed by atoms with Gasteiger partial charge < -0.3 is 10.6 Å². The topological polar surface area (TPSA) is 24.1 Å². The van der Waals surface area contributed by atoms with Gasteiger partial charge in [-0.2, -0.15) is 0 Å². The Kier molecular flexibility index (Phi) is 5.28. The normalized spacial score (nSPS) is 12.0. The maximum absolute atomic E-state index is 13.3. The smallest absolute Gasteiger partial charge is 0.171 e. The maximum Gasteiger partial charge on any atom is 0.171 e. The van der Waals surface area contributed by atoms with E-state index in [1.54, 1.807) is 0 Å². The van der Waals surface area contributed by atoms with Crippen molar-refractivity contribution in [3.05, 3.63) is 29.8 Å². The standard InChI is InChI=1S/C12H16F2N2S/c1-3-4-8(2)15-12(17)16-11-6-5-9(13)7-10(11)14/h5-8H,3-4H2,1-2H3,(H2,15,16,17). The molecular weight excluding hydrogens is 242 g/mol. The molecule has 0 saturated carbocycles. The molecule has 5 heteroatoms. The van der Waals surface area contributed by atoms with Gasteiger partial charge in [0.05, 0.1) is 5.69 Å². The first kappa shape index (κ1) is 13.8. The minimum Gasteiger partial charge on any atom is -0.360 e. The van der Waals surface area contributed by atoms with Crippen LogP contribution in [0.25, 0.3) is 0 Å². The Hall–Kier alpha value is -1.23. The molecule has 1 aromatic carbocycles. The molecule has 0 saturated heterocycles. The highest BCUT2D eigenvalue weighted by Gasteiger charge is 2.07. The lowest BCUT2D eigenvalue weighted by Crippen LogP contribution is -2.35. The van der Waals surface area contributed by atoms with E-state index in [2.05, 4.69) is 17.6 Å². The number of halogens is 2. The van der Waals surface area contributed by atoms with E-state index in [9.17, 15) is 8.78 Å². The van der Waals surface area contributed by atoms with Crippen molar-refractivity contribution in [2.75, 3.05) is 5.32 Å². The average Bonchev–Trinajstić information content (AvgIpc) is 2.22. The minimum absolute atomic E-state index is 0.174. The molecule has 2 nitrogen and oxygen atoms in total. The van der Waals surface area contributed by atoms with Crippen molar-refractivity contribution in [1.82, 2.24) is 5.32 Å². The first-order valence-corrected chi connectivity index (χ1v) is 5.96. The largest absolute Gasteiger partial charge is 0.360 e. The third kappa shape index (κ3) is 4.65. The number of hydrogen-bond donors (Lipinski definition) is 2. The Morgan fingerprint density at radius 1 is 1.41 bits per heavy atom. The highest BCUT2D eigenvalue weighted by molar-refractivity contribution is 7.80. The van der Waals surface area contributed by atoms with Crippen LogP contribution in [0.5, 0.6) is 0 Å². The van der Waals surface area contributed by atoms with Gasteiger partial charge in [-0.05, 0) is 37.7 Å². The molecule has 0 fully saturated rings. The minimum atomic E-state index is -0.655. The molecule has 0 heterocycles. The van der Waals surface area contributed by atoms with E-state index in [-0.39, 0.29) is 11.7 Å². The fourth-order valence-corrected chi connectivity index (χ4v) is 1.79. The van der Waals surface area contributed by atoms with Crippen LogP contribution in [0.2, 0.25) is 0 Å². The van der Waals surface area contributed by atoms with Gasteiger partial charge in [-0.3, -0.25) is 0 Å². The average molecular weight is 258 g/mol. The highest BCUT2D eigenvalue weighted by Crippen LogP contribution is 2.14. The van der Waals surface area contributed by atoms with Crippen molar-refractivity contribution >= 4 is 23.0 Å². The van der Waals surface area contributed by atoms with E-state index < -0.39 is 11.6 Å². The third-order valence-corrected chi connectivity index (χ3v) is 2.50. The molecule has 94 valence electrons. The van der Waals surface area contributed by atoms with E-state index in [4.69, 9.17) is 12.2 Å². The van der Waals surface area contributed by atoms with Crippen LogP contribution in [0, 0.1) is 11.6 Å². The maximum atomic E-state index is 13.3. The van der Waals surface area contributed by atoms with Crippen molar-refractivity contribution in [2.24, 2.45) is 0 Å². The quantitative estimate of drug-likeness (QED) is 0.809.